The fraction of sp³-hybridized carbons (Fsp3) is 0.429. The normalized spacial score (nSPS) is 12.4. The molecule has 0 aliphatic heterocycles. The molecule has 1 unspecified atom stereocenters. The van der Waals surface area contributed by atoms with Gasteiger partial charge in [0.25, 0.3) is 0 Å². The fourth-order valence-electron chi connectivity index (χ4n) is 1.55. The van der Waals surface area contributed by atoms with Crippen LogP contribution in [0, 0.1) is 0 Å². The van der Waals surface area contributed by atoms with Gasteiger partial charge in [-0.05, 0) is 25.0 Å². The Bertz CT molecular complexity index is 308. The van der Waals surface area contributed by atoms with Gasteiger partial charge in [-0.1, -0.05) is 36.9 Å². The van der Waals surface area contributed by atoms with Crippen LogP contribution in [0.5, 0.6) is 0 Å². The molecule has 88 valence electrons. The molecular formula is C14H21NO. The molecule has 0 spiro atoms. The van der Waals surface area contributed by atoms with Gasteiger partial charge < -0.3 is 10.1 Å². The number of rotatable bonds is 7. The quantitative estimate of drug-likeness (QED) is 0.761. The minimum Gasteiger partial charge on any atom is -0.377 e. The molecular weight excluding hydrogens is 198 g/mol. The molecule has 2 nitrogen and oxygen atoms in total. The average molecular weight is 219 g/mol. The molecule has 0 aromatic heterocycles. The summed E-state index contributed by atoms with van der Waals surface area (Å²) in [4.78, 5) is 0. The van der Waals surface area contributed by atoms with Crippen molar-refractivity contribution in [2.45, 2.75) is 20.0 Å². The van der Waals surface area contributed by atoms with E-state index in [9.17, 15) is 0 Å². The maximum absolute atomic E-state index is 5.44. The first kappa shape index (κ1) is 12.9. The van der Waals surface area contributed by atoms with Crippen molar-refractivity contribution >= 4 is 5.57 Å². The van der Waals surface area contributed by atoms with Crippen molar-refractivity contribution < 1.29 is 4.74 Å². The van der Waals surface area contributed by atoms with Crippen molar-refractivity contribution in [3.05, 3.63) is 42.5 Å². The third-order valence-corrected chi connectivity index (χ3v) is 2.40. The molecule has 0 amide bonds. The number of ether oxygens (including phenoxy) is 1. The third kappa shape index (κ3) is 4.60. The van der Waals surface area contributed by atoms with Gasteiger partial charge in [0.15, 0.2) is 0 Å². The SMILES string of the molecule is C=C(CNCC(C)OCC)c1ccccc1. The molecule has 0 saturated carbocycles. The summed E-state index contributed by atoms with van der Waals surface area (Å²) < 4.78 is 5.44. The molecule has 0 saturated heterocycles. The van der Waals surface area contributed by atoms with Gasteiger partial charge in [-0.15, -0.1) is 0 Å². The smallest absolute Gasteiger partial charge is 0.0671 e. The van der Waals surface area contributed by atoms with Crippen molar-refractivity contribution in [2.24, 2.45) is 0 Å². The molecule has 1 rings (SSSR count). The van der Waals surface area contributed by atoms with Crippen molar-refractivity contribution in [1.82, 2.24) is 5.32 Å². The number of hydrogen-bond acceptors (Lipinski definition) is 2. The van der Waals surface area contributed by atoms with Crippen LogP contribution in [0.2, 0.25) is 0 Å². The molecule has 0 heterocycles. The molecule has 2 heteroatoms. The number of benzene rings is 1. The maximum Gasteiger partial charge on any atom is 0.0671 e. The summed E-state index contributed by atoms with van der Waals surface area (Å²) in [6.45, 7) is 10.6. The Hall–Kier alpha value is -1.12. The predicted molar refractivity (Wildman–Crippen MR) is 69.4 cm³/mol. The van der Waals surface area contributed by atoms with E-state index in [0.717, 1.165) is 25.3 Å². The van der Waals surface area contributed by atoms with E-state index < -0.39 is 0 Å². The van der Waals surface area contributed by atoms with Gasteiger partial charge in [0, 0.05) is 19.7 Å². The zero-order valence-corrected chi connectivity index (χ0v) is 10.2. The van der Waals surface area contributed by atoms with E-state index in [0.29, 0.717) is 0 Å². The highest BCUT2D eigenvalue weighted by Gasteiger charge is 2.01. The van der Waals surface area contributed by atoms with Crippen LogP contribution in [0.15, 0.2) is 36.9 Å². The molecule has 0 bridgehead atoms. The van der Waals surface area contributed by atoms with Crippen molar-refractivity contribution in [2.75, 3.05) is 19.7 Å². The Morgan fingerprint density at radius 2 is 2.06 bits per heavy atom. The second-order valence-electron chi connectivity index (χ2n) is 3.87. The molecule has 0 fully saturated rings. The summed E-state index contributed by atoms with van der Waals surface area (Å²) in [6.07, 6.45) is 0.258. The van der Waals surface area contributed by atoms with Crippen LogP contribution in [-0.2, 0) is 4.74 Å². The lowest BCUT2D eigenvalue weighted by molar-refractivity contribution is 0.0770. The number of hydrogen-bond donors (Lipinski definition) is 1. The summed E-state index contributed by atoms with van der Waals surface area (Å²) in [7, 11) is 0. The van der Waals surface area contributed by atoms with Gasteiger partial charge in [-0.25, -0.2) is 0 Å². The second kappa shape index (κ2) is 7.20. The first-order valence-electron chi connectivity index (χ1n) is 5.79. The zero-order valence-electron chi connectivity index (χ0n) is 10.2. The fourth-order valence-corrected chi connectivity index (χ4v) is 1.55. The summed E-state index contributed by atoms with van der Waals surface area (Å²) in [5.41, 5.74) is 2.31. The molecule has 1 N–H and O–H groups in total. The molecule has 0 aliphatic carbocycles. The summed E-state index contributed by atoms with van der Waals surface area (Å²) in [5, 5.41) is 3.34. The molecule has 1 atom stereocenters. The van der Waals surface area contributed by atoms with Crippen LogP contribution < -0.4 is 5.32 Å². The summed E-state index contributed by atoms with van der Waals surface area (Å²) in [5.74, 6) is 0. The van der Waals surface area contributed by atoms with E-state index >= 15 is 0 Å². The second-order valence-corrected chi connectivity index (χ2v) is 3.87. The molecule has 1 aromatic rings. The van der Waals surface area contributed by atoms with Gasteiger partial charge in [0.05, 0.1) is 6.10 Å². The van der Waals surface area contributed by atoms with E-state index in [1.54, 1.807) is 0 Å². The molecule has 16 heavy (non-hydrogen) atoms. The zero-order chi connectivity index (χ0) is 11.8. The third-order valence-electron chi connectivity index (χ3n) is 2.40. The Kier molecular flexibility index (Phi) is 5.83. The average Bonchev–Trinajstić information content (AvgIpc) is 2.30. The van der Waals surface area contributed by atoms with Gasteiger partial charge in [-0.3, -0.25) is 0 Å². The van der Waals surface area contributed by atoms with Gasteiger partial charge in [-0.2, -0.15) is 0 Å². The highest BCUT2D eigenvalue weighted by atomic mass is 16.5. The van der Waals surface area contributed by atoms with E-state index in [2.05, 4.69) is 31.0 Å². The van der Waals surface area contributed by atoms with Crippen LogP contribution in [0.4, 0.5) is 0 Å². The maximum atomic E-state index is 5.44. The highest BCUT2D eigenvalue weighted by Crippen LogP contribution is 2.09. The Morgan fingerprint density at radius 3 is 2.69 bits per heavy atom. The Labute approximate surface area is 98.3 Å². The first-order chi connectivity index (χ1) is 7.74. The lowest BCUT2D eigenvalue weighted by atomic mass is 10.1. The van der Waals surface area contributed by atoms with Gasteiger partial charge >= 0.3 is 0 Å². The van der Waals surface area contributed by atoms with Crippen LogP contribution in [0.25, 0.3) is 5.57 Å². The molecule has 0 radical (unpaired) electrons. The van der Waals surface area contributed by atoms with Crippen LogP contribution in [0.1, 0.15) is 19.4 Å². The van der Waals surface area contributed by atoms with Gasteiger partial charge in [0.1, 0.15) is 0 Å². The lowest BCUT2D eigenvalue weighted by Crippen LogP contribution is -2.28. The predicted octanol–water partition coefficient (Wildman–Crippen LogP) is 2.71. The number of nitrogens with one attached hydrogen (secondary N) is 1. The van der Waals surface area contributed by atoms with Crippen molar-refractivity contribution in [3.8, 4) is 0 Å². The largest absolute Gasteiger partial charge is 0.377 e. The van der Waals surface area contributed by atoms with E-state index in [1.165, 1.54) is 5.56 Å². The first-order valence-corrected chi connectivity index (χ1v) is 5.79. The lowest BCUT2D eigenvalue weighted by Gasteiger charge is -2.13. The summed E-state index contributed by atoms with van der Waals surface area (Å²) >= 11 is 0. The molecule has 1 aromatic carbocycles. The topological polar surface area (TPSA) is 21.3 Å². The summed E-state index contributed by atoms with van der Waals surface area (Å²) in [6, 6.07) is 10.2. The van der Waals surface area contributed by atoms with Crippen LogP contribution in [0.3, 0.4) is 0 Å². The minimum absolute atomic E-state index is 0.258. The minimum atomic E-state index is 0.258. The Balaban J connectivity index is 2.26. The van der Waals surface area contributed by atoms with Gasteiger partial charge in [0.2, 0.25) is 0 Å². The van der Waals surface area contributed by atoms with Crippen molar-refractivity contribution in [1.29, 1.82) is 0 Å². The van der Waals surface area contributed by atoms with E-state index in [1.807, 2.05) is 25.1 Å². The van der Waals surface area contributed by atoms with E-state index in [-0.39, 0.29) is 6.10 Å². The Morgan fingerprint density at radius 1 is 1.38 bits per heavy atom. The van der Waals surface area contributed by atoms with E-state index in [4.69, 9.17) is 4.74 Å². The molecule has 0 aliphatic rings. The van der Waals surface area contributed by atoms with Crippen LogP contribution in [-0.4, -0.2) is 25.8 Å². The highest BCUT2D eigenvalue weighted by molar-refractivity contribution is 5.64. The monoisotopic (exact) mass is 219 g/mol. The van der Waals surface area contributed by atoms with Crippen molar-refractivity contribution in [3.63, 3.8) is 0 Å². The standard InChI is InChI=1S/C14H21NO/c1-4-16-13(3)11-15-10-12(2)14-8-6-5-7-9-14/h5-9,13,15H,2,4,10-11H2,1,3H3. The van der Waals surface area contributed by atoms with Crippen LogP contribution >= 0.6 is 0 Å².